The number of aromatic amines is 1. The first-order valence-corrected chi connectivity index (χ1v) is 9.55. The number of hydrogen-bond acceptors (Lipinski definition) is 3. The first kappa shape index (κ1) is 17.6. The Kier molecular flexibility index (Phi) is 5.12. The number of benzene rings is 2. The van der Waals surface area contributed by atoms with E-state index in [2.05, 4.69) is 58.4 Å². The van der Waals surface area contributed by atoms with E-state index in [9.17, 15) is 4.79 Å². The van der Waals surface area contributed by atoms with E-state index in [-0.39, 0.29) is 6.09 Å². The monoisotopic (exact) mass is 363 g/mol. The van der Waals surface area contributed by atoms with E-state index in [1.54, 1.807) is 4.90 Å². The Morgan fingerprint density at radius 1 is 1.00 bits per heavy atom. The molecule has 27 heavy (non-hydrogen) atoms. The quantitative estimate of drug-likeness (QED) is 0.759. The van der Waals surface area contributed by atoms with Gasteiger partial charge in [0.2, 0.25) is 0 Å². The van der Waals surface area contributed by atoms with Crippen LogP contribution in [0, 0.1) is 0 Å². The number of H-pyrrole nitrogens is 1. The number of aromatic nitrogens is 1. The van der Waals surface area contributed by atoms with Crippen molar-refractivity contribution in [2.75, 3.05) is 32.8 Å². The van der Waals surface area contributed by atoms with Crippen molar-refractivity contribution < 1.29 is 9.53 Å². The van der Waals surface area contributed by atoms with E-state index in [0.29, 0.717) is 19.7 Å². The third kappa shape index (κ3) is 3.69. The Labute approximate surface area is 159 Å². The lowest BCUT2D eigenvalue weighted by atomic mass is 10.0. The van der Waals surface area contributed by atoms with Gasteiger partial charge in [0.15, 0.2) is 0 Å². The second-order valence-electron chi connectivity index (χ2n) is 6.85. The molecular formula is C22H25N3O2. The summed E-state index contributed by atoms with van der Waals surface area (Å²) in [5.41, 5.74) is 4.87. The average molecular weight is 363 g/mol. The predicted octanol–water partition coefficient (Wildman–Crippen LogP) is 4.11. The van der Waals surface area contributed by atoms with Gasteiger partial charge in [0.05, 0.1) is 12.3 Å². The molecule has 1 aromatic heterocycles. The molecule has 1 N–H and O–H groups in total. The molecule has 0 atom stereocenters. The Balaban J connectivity index is 1.56. The van der Waals surface area contributed by atoms with Crippen molar-refractivity contribution in [2.24, 2.45) is 0 Å². The highest BCUT2D eigenvalue weighted by atomic mass is 16.6. The first-order valence-electron chi connectivity index (χ1n) is 9.55. The molecule has 0 saturated carbocycles. The van der Waals surface area contributed by atoms with Crippen LogP contribution in [0.5, 0.6) is 0 Å². The second-order valence-corrected chi connectivity index (χ2v) is 6.85. The Bertz CT molecular complexity index is 912. The Morgan fingerprint density at radius 2 is 1.70 bits per heavy atom. The smallest absolute Gasteiger partial charge is 0.409 e. The molecule has 4 rings (SSSR count). The van der Waals surface area contributed by atoms with Gasteiger partial charge in [0.25, 0.3) is 0 Å². The summed E-state index contributed by atoms with van der Waals surface area (Å²) in [7, 11) is 0. The molecule has 0 unspecified atom stereocenters. The highest BCUT2D eigenvalue weighted by molar-refractivity contribution is 5.90. The molecule has 0 radical (unpaired) electrons. The van der Waals surface area contributed by atoms with Gasteiger partial charge in [0, 0.05) is 43.6 Å². The van der Waals surface area contributed by atoms with Crippen LogP contribution in [0.2, 0.25) is 0 Å². The minimum atomic E-state index is -0.200. The van der Waals surface area contributed by atoms with Gasteiger partial charge in [0.1, 0.15) is 0 Å². The normalized spacial score (nSPS) is 15.2. The van der Waals surface area contributed by atoms with E-state index in [1.807, 2.05) is 13.0 Å². The maximum absolute atomic E-state index is 11.9. The van der Waals surface area contributed by atoms with Crippen molar-refractivity contribution in [1.82, 2.24) is 14.8 Å². The second kappa shape index (κ2) is 7.84. The number of ether oxygens (including phenoxy) is 1. The summed E-state index contributed by atoms with van der Waals surface area (Å²) in [6.45, 7) is 6.26. The molecule has 2 aromatic carbocycles. The molecular weight excluding hydrogens is 338 g/mol. The number of para-hydroxylation sites is 1. The summed E-state index contributed by atoms with van der Waals surface area (Å²) in [6, 6.07) is 18.9. The topological polar surface area (TPSA) is 48.6 Å². The van der Waals surface area contributed by atoms with Gasteiger partial charge in [-0.1, -0.05) is 48.5 Å². The highest BCUT2D eigenvalue weighted by Crippen LogP contribution is 2.31. The predicted molar refractivity (Wildman–Crippen MR) is 108 cm³/mol. The molecule has 140 valence electrons. The first-order chi connectivity index (χ1) is 13.3. The van der Waals surface area contributed by atoms with Gasteiger partial charge in [-0.25, -0.2) is 4.79 Å². The van der Waals surface area contributed by atoms with Crippen LogP contribution in [-0.2, 0) is 11.3 Å². The summed E-state index contributed by atoms with van der Waals surface area (Å²) >= 11 is 0. The van der Waals surface area contributed by atoms with Gasteiger partial charge < -0.3 is 14.6 Å². The maximum atomic E-state index is 11.9. The number of carbonyl (C=O) groups is 1. The van der Waals surface area contributed by atoms with Crippen LogP contribution in [0.3, 0.4) is 0 Å². The number of amides is 1. The van der Waals surface area contributed by atoms with E-state index < -0.39 is 0 Å². The van der Waals surface area contributed by atoms with Crippen LogP contribution in [0.4, 0.5) is 4.79 Å². The molecule has 0 aliphatic carbocycles. The fraction of sp³-hybridized carbons (Fsp3) is 0.318. The van der Waals surface area contributed by atoms with Gasteiger partial charge in [-0.05, 0) is 24.1 Å². The van der Waals surface area contributed by atoms with Gasteiger partial charge in [-0.3, -0.25) is 4.90 Å². The number of piperazine rings is 1. The maximum Gasteiger partial charge on any atom is 0.409 e. The molecule has 1 amide bonds. The molecule has 1 aliphatic rings. The summed E-state index contributed by atoms with van der Waals surface area (Å²) in [4.78, 5) is 19.7. The van der Waals surface area contributed by atoms with Gasteiger partial charge in [-0.2, -0.15) is 0 Å². The number of hydrogen-bond donors (Lipinski definition) is 1. The van der Waals surface area contributed by atoms with Crippen molar-refractivity contribution in [2.45, 2.75) is 13.5 Å². The van der Waals surface area contributed by atoms with Crippen LogP contribution >= 0.6 is 0 Å². The third-order valence-corrected chi connectivity index (χ3v) is 5.16. The van der Waals surface area contributed by atoms with Crippen molar-refractivity contribution in [1.29, 1.82) is 0 Å². The van der Waals surface area contributed by atoms with E-state index in [4.69, 9.17) is 4.74 Å². The summed E-state index contributed by atoms with van der Waals surface area (Å²) in [5.74, 6) is 0. The lowest BCUT2D eigenvalue weighted by molar-refractivity contribution is 0.0780. The number of rotatable bonds is 4. The Morgan fingerprint density at radius 3 is 2.44 bits per heavy atom. The summed E-state index contributed by atoms with van der Waals surface area (Å²) in [6.07, 6.45) is -0.200. The highest BCUT2D eigenvalue weighted by Gasteiger charge is 2.23. The molecule has 1 fully saturated rings. The largest absolute Gasteiger partial charge is 0.450 e. The van der Waals surface area contributed by atoms with Crippen molar-refractivity contribution >= 4 is 17.0 Å². The van der Waals surface area contributed by atoms with Gasteiger partial charge >= 0.3 is 6.09 Å². The molecule has 2 heterocycles. The number of nitrogens with one attached hydrogen (secondary N) is 1. The zero-order valence-corrected chi connectivity index (χ0v) is 15.6. The van der Waals surface area contributed by atoms with E-state index in [0.717, 1.165) is 25.2 Å². The summed E-state index contributed by atoms with van der Waals surface area (Å²) < 4.78 is 5.12. The Hall–Kier alpha value is -2.79. The van der Waals surface area contributed by atoms with E-state index in [1.165, 1.54) is 22.2 Å². The zero-order chi connectivity index (χ0) is 18.6. The third-order valence-electron chi connectivity index (χ3n) is 5.16. The fourth-order valence-electron chi connectivity index (χ4n) is 3.74. The molecule has 0 bridgehead atoms. The van der Waals surface area contributed by atoms with Crippen molar-refractivity contribution in [3.8, 4) is 11.3 Å². The molecule has 5 heteroatoms. The molecule has 5 nitrogen and oxygen atoms in total. The summed E-state index contributed by atoms with van der Waals surface area (Å²) in [5, 5.41) is 1.27. The van der Waals surface area contributed by atoms with E-state index >= 15 is 0 Å². The van der Waals surface area contributed by atoms with Crippen LogP contribution in [0.1, 0.15) is 12.5 Å². The number of fused-ring (bicyclic) bond motifs is 1. The number of carbonyl (C=O) groups excluding carboxylic acids is 1. The average Bonchev–Trinajstić information content (AvgIpc) is 3.08. The van der Waals surface area contributed by atoms with Gasteiger partial charge in [-0.15, -0.1) is 0 Å². The zero-order valence-electron chi connectivity index (χ0n) is 15.6. The molecule has 0 spiro atoms. The van der Waals surface area contributed by atoms with Crippen LogP contribution in [0.25, 0.3) is 22.2 Å². The minimum Gasteiger partial charge on any atom is -0.450 e. The standard InChI is InChI=1S/C22H25N3O2/c1-2-27-22(26)25-14-12-24(13-15-25)16-19-18-10-6-7-11-20(18)23-21(19)17-8-4-3-5-9-17/h3-11,23H,2,12-16H2,1H3. The fourth-order valence-corrected chi connectivity index (χ4v) is 3.74. The lowest BCUT2D eigenvalue weighted by Gasteiger charge is -2.34. The lowest BCUT2D eigenvalue weighted by Crippen LogP contribution is -2.48. The number of nitrogens with zero attached hydrogens (tertiary/aromatic N) is 2. The molecule has 3 aromatic rings. The molecule has 1 aliphatic heterocycles. The van der Waals surface area contributed by atoms with Crippen molar-refractivity contribution in [3.63, 3.8) is 0 Å². The van der Waals surface area contributed by atoms with Crippen LogP contribution in [-0.4, -0.2) is 53.7 Å². The molecule has 1 saturated heterocycles. The minimum absolute atomic E-state index is 0.200. The van der Waals surface area contributed by atoms with Crippen molar-refractivity contribution in [3.05, 3.63) is 60.2 Å². The SMILES string of the molecule is CCOC(=O)N1CCN(Cc2c(-c3ccccc3)[nH]c3ccccc23)CC1. The van der Waals surface area contributed by atoms with Crippen LogP contribution < -0.4 is 0 Å². The van der Waals surface area contributed by atoms with Crippen LogP contribution in [0.15, 0.2) is 54.6 Å².